The molecule has 0 amide bonds. The molecular weight excluding hydrogens is 194 g/mol. The smallest absolute Gasteiger partial charge is 0.176 e. The number of ether oxygens (including phenoxy) is 1. The maximum Gasteiger partial charge on any atom is 0.176 e. The molecule has 0 saturated carbocycles. The monoisotopic (exact) mass is 209 g/mol. The zero-order valence-corrected chi connectivity index (χ0v) is 7.39. The van der Waals surface area contributed by atoms with E-state index in [0.717, 1.165) is 0 Å². The highest BCUT2D eigenvalue weighted by atomic mass is 16.6. The summed E-state index contributed by atoms with van der Waals surface area (Å²) in [7, 11) is 0. The van der Waals surface area contributed by atoms with Gasteiger partial charge in [-0.15, -0.1) is 0 Å². The molecule has 0 aliphatic carbocycles. The lowest BCUT2D eigenvalue weighted by Gasteiger charge is -2.41. The minimum Gasteiger partial charge on any atom is -0.394 e. The van der Waals surface area contributed by atoms with Gasteiger partial charge in [-0.1, -0.05) is 0 Å². The standard InChI is InChI=1S/C6H15N3O5/c7-9(8)3-5(12)4(11)2(1-10)14-6(3)13/h2-6,10-13H,1,7-8H2/t2-,3-,4-,5-,6?/m1/s1. The number of rotatable bonds is 2. The third kappa shape index (κ3) is 2.02. The second-order valence-electron chi connectivity index (χ2n) is 3.17. The van der Waals surface area contributed by atoms with Crippen LogP contribution < -0.4 is 11.7 Å². The number of aliphatic hydroxyl groups excluding tert-OH is 4. The van der Waals surface area contributed by atoms with Crippen molar-refractivity contribution in [3.63, 3.8) is 0 Å². The van der Waals surface area contributed by atoms with E-state index in [1.54, 1.807) is 0 Å². The fraction of sp³-hybridized carbons (Fsp3) is 1.00. The zero-order chi connectivity index (χ0) is 10.9. The minimum absolute atomic E-state index is 0.517. The van der Waals surface area contributed by atoms with Gasteiger partial charge >= 0.3 is 0 Å². The Morgan fingerprint density at radius 1 is 1.14 bits per heavy atom. The normalized spacial score (nSPS) is 44.4. The molecule has 1 aliphatic rings. The van der Waals surface area contributed by atoms with Crippen LogP contribution in [0.2, 0.25) is 0 Å². The molecule has 0 bridgehead atoms. The summed E-state index contributed by atoms with van der Waals surface area (Å²) < 4.78 is 4.79. The SMILES string of the molecule is NN(N)[C@H]1C(O)O[C@H](CO)[C@@H](O)[C@@H]1O. The highest BCUT2D eigenvalue weighted by Crippen LogP contribution is 2.20. The van der Waals surface area contributed by atoms with Gasteiger partial charge in [0.25, 0.3) is 0 Å². The van der Waals surface area contributed by atoms with E-state index in [2.05, 4.69) is 0 Å². The van der Waals surface area contributed by atoms with Gasteiger partial charge in [0.2, 0.25) is 0 Å². The lowest BCUT2D eigenvalue weighted by atomic mass is 9.97. The van der Waals surface area contributed by atoms with Crippen LogP contribution in [-0.4, -0.2) is 62.8 Å². The van der Waals surface area contributed by atoms with Gasteiger partial charge in [-0.05, 0) is 0 Å². The van der Waals surface area contributed by atoms with Crippen LogP contribution in [0.15, 0.2) is 0 Å². The Hall–Kier alpha value is -0.320. The van der Waals surface area contributed by atoms with Crippen LogP contribution in [0.3, 0.4) is 0 Å². The first-order valence-electron chi connectivity index (χ1n) is 4.08. The van der Waals surface area contributed by atoms with E-state index in [1.165, 1.54) is 0 Å². The average molecular weight is 209 g/mol. The Balaban J connectivity index is 2.74. The summed E-state index contributed by atoms with van der Waals surface area (Å²) >= 11 is 0. The van der Waals surface area contributed by atoms with Crippen molar-refractivity contribution in [1.82, 2.24) is 5.12 Å². The molecule has 1 rings (SSSR count). The maximum absolute atomic E-state index is 9.48. The van der Waals surface area contributed by atoms with Crippen LogP contribution >= 0.6 is 0 Å². The maximum atomic E-state index is 9.48. The van der Waals surface area contributed by atoms with E-state index >= 15 is 0 Å². The molecule has 1 heterocycles. The molecule has 14 heavy (non-hydrogen) atoms. The van der Waals surface area contributed by atoms with Crippen molar-refractivity contribution in [2.24, 2.45) is 11.7 Å². The van der Waals surface area contributed by atoms with Gasteiger partial charge in [-0.3, -0.25) is 11.7 Å². The second kappa shape index (κ2) is 4.47. The van der Waals surface area contributed by atoms with Crippen molar-refractivity contribution in [2.75, 3.05) is 6.61 Å². The van der Waals surface area contributed by atoms with E-state index in [-0.39, 0.29) is 0 Å². The summed E-state index contributed by atoms with van der Waals surface area (Å²) in [4.78, 5) is 0. The quantitative estimate of drug-likeness (QED) is 0.198. The topological polar surface area (TPSA) is 145 Å². The summed E-state index contributed by atoms with van der Waals surface area (Å²) in [5.74, 6) is 10.3. The van der Waals surface area contributed by atoms with Gasteiger partial charge in [0, 0.05) is 0 Å². The van der Waals surface area contributed by atoms with Crippen molar-refractivity contribution in [2.45, 2.75) is 30.6 Å². The first-order chi connectivity index (χ1) is 6.49. The summed E-state index contributed by atoms with van der Waals surface area (Å²) in [6, 6.07) is -1.13. The molecule has 5 atom stereocenters. The average Bonchev–Trinajstić information content (AvgIpc) is 2.10. The first-order valence-corrected chi connectivity index (χ1v) is 4.08. The Labute approximate surface area is 80.2 Å². The van der Waals surface area contributed by atoms with Crippen LogP contribution in [0.25, 0.3) is 0 Å². The van der Waals surface area contributed by atoms with Crippen molar-refractivity contribution in [1.29, 1.82) is 0 Å². The highest BCUT2D eigenvalue weighted by Gasteiger charge is 2.45. The van der Waals surface area contributed by atoms with Crippen LogP contribution in [-0.2, 0) is 4.74 Å². The van der Waals surface area contributed by atoms with Crippen LogP contribution in [0.1, 0.15) is 0 Å². The van der Waals surface area contributed by atoms with Gasteiger partial charge in [0.1, 0.15) is 24.4 Å². The molecule has 8 nitrogen and oxygen atoms in total. The zero-order valence-electron chi connectivity index (χ0n) is 7.39. The third-order valence-corrected chi connectivity index (χ3v) is 2.21. The van der Waals surface area contributed by atoms with Crippen LogP contribution in [0.5, 0.6) is 0 Å². The number of hydrogen-bond acceptors (Lipinski definition) is 8. The Morgan fingerprint density at radius 2 is 1.71 bits per heavy atom. The molecule has 1 fully saturated rings. The van der Waals surface area contributed by atoms with E-state index in [0.29, 0.717) is 5.12 Å². The Kier molecular flexibility index (Phi) is 3.75. The molecule has 0 aromatic carbocycles. The van der Waals surface area contributed by atoms with Gasteiger partial charge in [-0.25, -0.2) is 0 Å². The highest BCUT2D eigenvalue weighted by molar-refractivity contribution is 4.91. The second-order valence-corrected chi connectivity index (χ2v) is 3.17. The fourth-order valence-corrected chi connectivity index (χ4v) is 1.41. The van der Waals surface area contributed by atoms with Crippen LogP contribution in [0.4, 0.5) is 0 Å². The number of aliphatic hydroxyl groups is 4. The molecule has 0 aromatic heterocycles. The molecule has 1 saturated heterocycles. The predicted octanol–water partition coefficient (Wildman–Crippen LogP) is -4.16. The van der Waals surface area contributed by atoms with Crippen LogP contribution in [0, 0.1) is 0 Å². The van der Waals surface area contributed by atoms with Gasteiger partial charge in [0.15, 0.2) is 6.29 Å². The Bertz CT molecular complexity index is 192. The molecule has 8 N–H and O–H groups in total. The van der Waals surface area contributed by atoms with E-state index < -0.39 is 37.3 Å². The van der Waals surface area contributed by atoms with Crippen molar-refractivity contribution in [3.8, 4) is 0 Å². The number of hydrazine groups is 2. The lowest BCUT2D eigenvalue weighted by molar-refractivity contribution is -0.273. The molecule has 0 spiro atoms. The molecular formula is C6H15N3O5. The third-order valence-electron chi connectivity index (χ3n) is 2.21. The van der Waals surface area contributed by atoms with Gasteiger partial charge in [-0.2, -0.15) is 5.12 Å². The number of nitrogens with two attached hydrogens (primary N) is 2. The summed E-state index contributed by atoms with van der Waals surface area (Å²) in [5.41, 5.74) is 0. The van der Waals surface area contributed by atoms with Gasteiger partial charge < -0.3 is 25.2 Å². The lowest BCUT2D eigenvalue weighted by Crippen LogP contribution is -2.67. The summed E-state index contributed by atoms with van der Waals surface area (Å²) in [5, 5.41) is 37.5. The molecule has 1 aliphatic heterocycles. The van der Waals surface area contributed by atoms with E-state index in [1.807, 2.05) is 0 Å². The fourth-order valence-electron chi connectivity index (χ4n) is 1.41. The number of hydrogen-bond donors (Lipinski definition) is 6. The van der Waals surface area contributed by atoms with E-state index in [9.17, 15) is 15.3 Å². The molecule has 0 aromatic rings. The van der Waals surface area contributed by atoms with Crippen molar-refractivity contribution in [3.05, 3.63) is 0 Å². The largest absolute Gasteiger partial charge is 0.394 e. The summed E-state index contributed by atoms with van der Waals surface area (Å²) in [6.07, 6.45) is -5.23. The van der Waals surface area contributed by atoms with Crippen molar-refractivity contribution >= 4 is 0 Å². The molecule has 84 valence electrons. The first kappa shape index (κ1) is 11.8. The predicted molar refractivity (Wildman–Crippen MR) is 44.0 cm³/mol. The Morgan fingerprint density at radius 3 is 2.14 bits per heavy atom. The molecule has 8 heteroatoms. The van der Waals surface area contributed by atoms with E-state index in [4.69, 9.17) is 21.5 Å². The molecule has 0 radical (unpaired) electrons. The van der Waals surface area contributed by atoms with Gasteiger partial charge in [0.05, 0.1) is 6.61 Å². The number of nitrogens with zero attached hydrogens (tertiary/aromatic N) is 1. The van der Waals surface area contributed by atoms with Crippen molar-refractivity contribution < 1.29 is 25.2 Å². The summed E-state index contributed by atoms with van der Waals surface area (Å²) in [6.45, 7) is -0.517. The minimum atomic E-state index is -1.46. The molecule has 1 unspecified atom stereocenters.